The van der Waals surface area contributed by atoms with Crippen LogP contribution in [-0.4, -0.2) is 52.2 Å². The third kappa shape index (κ3) is 10.4. The molecule has 41 heavy (non-hydrogen) atoms. The predicted octanol–water partition coefficient (Wildman–Crippen LogP) is 6.77. The molecule has 8 nitrogen and oxygen atoms in total. The van der Waals surface area contributed by atoms with E-state index in [0.717, 1.165) is 41.7 Å². The van der Waals surface area contributed by atoms with Gasteiger partial charge in [0.15, 0.2) is 0 Å². The lowest BCUT2D eigenvalue weighted by molar-refractivity contribution is -0.133. The Morgan fingerprint density at radius 1 is 1.10 bits per heavy atom. The van der Waals surface area contributed by atoms with Crippen molar-refractivity contribution in [2.45, 2.75) is 89.3 Å². The van der Waals surface area contributed by atoms with Gasteiger partial charge in [-0.2, -0.15) is 0 Å². The highest BCUT2D eigenvalue weighted by Crippen LogP contribution is 2.36. The number of amides is 2. The third-order valence-corrected chi connectivity index (χ3v) is 10.3. The average Bonchev–Trinajstić information content (AvgIpc) is 3.36. The monoisotopic (exact) mass is 606 g/mol. The van der Waals surface area contributed by atoms with E-state index in [2.05, 4.69) is 18.6 Å². The first-order valence-electron chi connectivity index (χ1n) is 14.8. The van der Waals surface area contributed by atoms with Gasteiger partial charge in [0.2, 0.25) is 5.91 Å². The highest BCUT2D eigenvalue weighted by atomic mass is 32.2. The van der Waals surface area contributed by atoms with Gasteiger partial charge in [0.1, 0.15) is 4.21 Å². The zero-order valence-corrected chi connectivity index (χ0v) is 26.6. The number of hydrogen-bond acceptors (Lipinski definition) is 7. The van der Waals surface area contributed by atoms with Crippen LogP contribution < -0.4 is 4.72 Å². The van der Waals surface area contributed by atoms with Crippen LogP contribution in [0.5, 0.6) is 0 Å². The Morgan fingerprint density at radius 3 is 2.44 bits per heavy atom. The topological polar surface area (TPSA) is 102 Å². The molecule has 10 heteroatoms. The number of methoxy groups -OCH3 is 1. The van der Waals surface area contributed by atoms with E-state index in [4.69, 9.17) is 9.47 Å². The van der Waals surface area contributed by atoms with Crippen molar-refractivity contribution in [1.82, 2.24) is 9.62 Å². The van der Waals surface area contributed by atoms with E-state index >= 15 is 0 Å². The van der Waals surface area contributed by atoms with Crippen molar-refractivity contribution in [3.05, 3.63) is 40.8 Å². The SMILES string of the molecule is CCCCOC(=O)NS(=O)(=O)c1sc(CC(C)C)cc1-c1ccc(CN(CCOC)C(=O)CC2CCCCC2)cc1. The predicted molar refractivity (Wildman–Crippen MR) is 163 cm³/mol. The van der Waals surface area contributed by atoms with E-state index in [1.807, 2.05) is 42.2 Å². The number of carbonyl (C=O) groups excluding carboxylic acids is 2. The van der Waals surface area contributed by atoms with E-state index < -0.39 is 16.1 Å². The van der Waals surface area contributed by atoms with Crippen molar-refractivity contribution in [3.63, 3.8) is 0 Å². The van der Waals surface area contributed by atoms with Crippen LogP contribution in [0.25, 0.3) is 11.1 Å². The summed E-state index contributed by atoms with van der Waals surface area (Å²) in [7, 11) is -2.49. The second-order valence-corrected chi connectivity index (χ2v) is 14.3. The summed E-state index contributed by atoms with van der Waals surface area (Å²) >= 11 is 1.18. The fourth-order valence-electron chi connectivity index (χ4n) is 5.09. The molecule has 1 N–H and O–H groups in total. The lowest BCUT2D eigenvalue weighted by Crippen LogP contribution is -2.34. The number of thiophene rings is 1. The number of sulfonamides is 1. The summed E-state index contributed by atoms with van der Waals surface area (Å²) in [4.78, 5) is 28.2. The minimum Gasteiger partial charge on any atom is -0.449 e. The fourth-order valence-corrected chi connectivity index (χ4v) is 7.93. The molecule has 0 aliphatic heterocycles. The van der Waals surface area contributed by atoms with Crippen molar-refractivity contribution < 1.29 is 27.5 Å². The third-order valence-electron chi connectivity index (χ3n) is 7.30. The number of benzene rings is 1. The van der Waals surface area contributed by atoms with Gasteiger partial charge in [-0.1, -0.05) is 70.7 Å². The van der Waals surface area contributed by atoms with Gasteiger partial charge in [-0.05, 0) is 54.7 Å². The molecule has 0 bridgehead atoms. The molecular weight excluding hydrogens is 560 g/mol. The van der Waals surface area contributed by atoms with Gasteiger partial charge < -0.3 is 14.4 Å². The quantitative estimate of drug-likeness (QED) is 0.225. The van der Waals surface area contributed by atoms with Crippen LogP contribution in [0.3, 0.4) is 0 Å². The van der Waals surface area contributed by atoms with Crippen LogP contribution in [0, 0.1) is 11.8 Å². The molecule has 1 aromatic heterocycles. The van der Waals surface area contributed by atoms with E-state index in [9.17, 15) is 18.0 Å². The van der Waals surface area contributed by atoms with Crippen LogP contribution in [0.15, 0.2) is 34.5 Å². The fraction of sp³-hybridized carbons (Fsp3) is 0.613. The van der Waals surface area contributed by atoms with Gasteiger partial charge in [0.25, 0.3) is 10.0 Å². The Bertz CT molecular complexity index is 1220. The second kappa shape index (κ2) is 16.3. The van der Waals surface area contributed by atoms with Gasteiger partial charge in [-0.3, -0.25) is 4.79 Å². The molecule has 1 aromatic carbocycles. The number of nitrogens with zero attached hydrogens (tertiary/aromatic N) is 1. The number of hydrogen-bond donors (Lipinski definition) is 1. The maximum absolute atomic E-state index is 13.3. The summed E-state index contributed by atoms with van der Waals surface area (Å²) in [6, 6.07) is 9.54. The molecule has 0 saturated heterocycles. The number of ether oxygens (including phenoxy) is 2. The van der Waals surface area contributed by atoms with Gasteiger partial charge in [0, 0.05) is 37.1 Å². The summed E-state index contributed by atoms with van der Waals surface area (Å²) in [6.07, 6.45) is 7.73. The number of nitrogens with one attached hydrogen (secondary N) is 1. The van der Waals surface area contributed by atoms with Gasteiger partial charge in [0.05, 0.1) is 13.2 Å². The second-order valence-electron chi connectivity index (χ2n) is 11.3. The number of unbranched alkanes of at least 4 members (excludes halogenated alkanes) is 1. The van der Waals surface area contributed by atoms with Gasteiger partial charge in [-0.15, -0.1) is 11.3 Å². The summed E-state index contributed by atoms with van der Waals surface area (Å²) in [5.41, 5.74) is 2.24. The van der Waals surface area contributed by atoms with Crippen molar-refractivity contribution in [2.75, 3.05) is 26.9 Å². The molecular formula is C31H46N2O6S2. The Balaban J connectivity index is 1.80. The van der Waals surface area contributed by atoms with Crippen molar-refractivity contribution >= 4 is 33.4 Å². The molecule has 0 atom stereocenters. The molecule has 1 heterocycles. The molecule has 1 aliphatic rings. The van der Waals surface area contributed by atoms with Crippen molar-refractivity contribution in [2.24, 2.45) is 11.8 Å². The molecule has 2 aromatic rings. The van der Waals surface area contributed by atoms with Crippen LogP contribution >= 0.6 is 11.3 Å². The molecule has 0 spiro atoms. The summed E-state index contributed by atoms with van der Waals surface area (Å²) in [5.74, 6) is 0.954. The normalized spacial score (nSPS) is 14.3. The zero-order chi connectivity index (χ0) is 29.8. The summed E-state index contributed by atoms with van der Waals surface area (Å²) < 4.78 is 39.0. The van der Waals surface area contributed by atoms with E-state index in [-0.39, 0.29) is 16.7 Å². The van der Waals surface area contributed by atoms with E-state index in [0.29, 0.717) is 49.9 Å². The highest BCUT2D eigenvalue weighted by Gasteiger charge is 2.27. The molecule has 0 radical (unpaired) electrons. The first-order valence-corrected chi connectivity index (χ1v) is 17.1. The maximum Gasteiger partial charge on any atom is 0.421 e. The molecule has 1 saturated carbocycles. The minimum absolute atomic E-state index is 0.0951. The van der Waals surface area contributed by atoms with Crippen molar-refractivity contribution in [1.29, 1.82) is 0 Å². The van der Waals surface area contributed by atoms with Crippen LogP contribution in [0.4, 0.5) is 4.79 Å². The Morgan fingerprint density at radius 2 is 1.80 bits per heavy atom. The van der Waals surface area contributed by atoms with Gasteiger partial charge >= 0.3 is 6.09 Å². The lowest BCUT2D eigenvalue weighted by atomic mass is 9.86. The molecule has 228 valence electrons. The molecule has 3 rings (SSSR count). The smallest absolute Gasteiger partial charge is 0.421 e. The van der Waals surface area contributed by atoms with Crippen molar-refractivity contribution in [3.8, 4) is 11.1 Å². The first-order chi connectivity index (χ1) is 19.6. The standard InChI is InChI=1S/C31H46N2O6S2/c1-5-6-17-39-31(35)32-41(36,37)30-28(21-27(40-30)19-23(2)3)26-14-12-25(13-15-26)22-33(16-18-38-4)29(34)20-24-10-8-7-9-11-24/h12-15,21,23-24H,5-11,16-20,22H2,1-4H3,(H,32,35). The number of carbonyl (C=O) groups is 2. The van der Waals surface area contributed by atoms with E-state index in [1.54, 1.807) is 7.11 Å². The van der Waals surface area contributed by atoms with Crippen LogP contribution in [-0.2, 0) is 37.3 Å². The molecule has 1 aliphatic carbocycles. The van der Waals surface area contributed by atoms with Gasteiger partial charge in [-0.25, -0.2) is 17.9 Å². The Hall–Kier alpha value is -2.43. The van der Waals surface area contributed by atoms with E-state index in [1.165, 1.54) is 30.6 Å². The summed E-state index contributed by atoms with van der Waals surface area (Å²) in [5, 5.41) is 0. The zero-order valence-electron chi connectivity index (χ0n) is 24.9. The average molecular weight is 607 g/mol. The largest absolute Gasteiger partial charge is 0.449 e. The lowest BCUT2D eigenvalue weighted by Gasteiger charge is -2.27. The minimum atomic E-state index is -4.13. The highest BCUT2D eigenvalue weighted by molar-refractivity contribution is 7.92. The Labute approximate surface area is 249 Å². The first kappa shape index (κ1) is 33.1. The van der Waals surface area contributed by atoms with Crippen LogP contribution in [0.1, 0.15) is 82.6 Å². The summed E-state index contributed by atoms with van der Waals surface area (Å²) in [6.45, 7) is 7.75. The molecule has 2 amide bonds. The molecule has 1 fully saturated rings. The maximum atomic E-state index is 13.3. The Kier molecular flexibility index (Phi) is 13.1. The van der Waals surface area contributed by atoms with Crippen LogP contribution in [0.2, 0.25) is 0 Å². The molecule has 0 unspecified atom stereocenters. The number of rotatable bonds is 15.